The van der Waals surface area contributed by atoms with E-state index in [1.807, 2.05) is 0 Å². The van der Waals surface area contributed by atoms with E-state index in [0.717, 1.165) is 0 Å². The predicted octanol–water partition coefficient (Wildman–Crippen LogP) is 0.995. The van der Waals surface area contributed by atoms with Crippen LogP contribution < -0.4 is 20.2 Å². The minimum atomic E-state index is -0.667. The average molecular weight is 302 g/mol. The second-order valence-corrected chi connectivity index (χ2v) is 4.25. The molecule has 0 atom stereocenters. The van der Waals surface area contributed by atoms with Gasteiger partial charge in [-0.25, -0.2) is 9.78 Å². The van der Waals surface area contributed by atoms with E-state index in [4.69, 9.17) is 20.0 Å². The molecule has 2 aromatic rings. The Morgan fingerprint density at radius 3 is 2.36 bits per heavy atom. The van der Waals surface area contributed by atoms with Gasteiger partial charge in [0.15, 0.2) is 18.2 Å². The molecule has 0 unspecified atom stereocenters. The Morgan fingerprint density at radius 2 is 1.82 bits per heavy atom. The van der Waals surface area contributed by atoms with Gasteiger partial charge in [0.05, 0.1) is 25.3 Å². The molecule has 1 heterocycles. The van der Waals surface area contributed by atoms with E-state index in [9.17, 15) is 4.79 Å². The van der Waals surface area contributed by atoms with Gasteiger partial charge in [-0.1, -0.05) is 5.16 Å². The molecule has 7 heteroatoms. The van der Waals surface area contributed by atoms with Crippen molar-refractivity contribution in [2.24, 2.45) is 10.9 Å². The lowest BCUT2D eigenvalue weighted by Crippen LogP contribution is -2.17. The van der Waals surface area contributed by atoms with Crippen LogP contribution in [0.25, 0.3) is 0 Å². The fourth-order valence-corrected chi connectivity index (χ4v) is 1.67. The highest BCUT2D eigenvalue weighted by Crippen LogP contribution is 2.23. The van der Waals surface area contributed by atoms with Crippen molar-refractivity contribution < 1.29 is 24.1 Å². The first-order valence-corrected chi connectivity index (χ1v) is 6.38. The number of methoxy groups -OCH3 is 2. The second-order valence-electron chi connectivity index (χ2n) is 4.25. The first-order chi connectivity index (χ1) is 10.6. The van der Waals surface area contributed by atoms with E-state index in [0.29, 0.717) is 17.1 Å². The first-order valence-electron chi connectivity index (χ1n) is 6.38. The summed E-state index contributed by atoms with van der Waals surface area (Å²) in [4.78, 5) is 19.7. The molecule has 0 bridgehead atoms. The third-order valence-electron chi connectivity index (χ3n) is 2.82. The number of aromatic amines is 1. The third kappa shape index (κ3) is 3.72. The van der Waals surface area contributed by atoms with Crippen molar-refractivity contribution in [2.45, 2.75) is 0 Å². The van der Waals surface area contributed by atoms with Gasteiger partial charge < -0.3 is 20.0 Å². The number of carbonyl (C=O) groups is 1. The number of rotatable bonds is 5. The fourth-order valence-electron chi connectivity index (χ4n) is 1.67. The maximum Gasteiger partial charge on any atom is 0.366 e. The number of pyridine rings is 1. The number of nitrogens with zero attached hydrogens (tertiary/aromatic N) is 1. The van der Waals surface area contributed by atoms with E-state index in [1.54, 1.807) is 30.6 Å². The fraction of sp³-hybridized carbons (Fsp3) is 0.133. The first kappa shape index (κ1) is 15.3. The van der Waals surface area contributed by atoms with Gasteiger partial charge in [-0.15, -0.1) is 0 Å². The van der Waals surface area contributed by atoms with Crippen molar-refractivity contribution in [3.8, 4) is 11.5 Å². The predicted molar refractivity (Wildman–Crippen MR) is 78.7 cm³/mol. The van der Waals surface area contributed by atoms with E-state index in [1.165, 1.54) is 26.4 Å². The lowest BCUT2D eigenvalue weighted by Gasteiger charge is -2.06. The van der Waals surface area contributed by atoms with Crippen LogP contribution in [0.2, 0.25) is 0 Å². The van der Waals surface area contributed by atoms with Crippen LogP contribution in [0.15, 0.2) is 47.9 Å². The number of hydrogen-bond acceptors (Lipinski definition) is 5. The van der Waals surface area contributed by atoms with Crippen LogP contribution in [-0.2, 0) is 4.84 Å². The van der Waals surface area contributed by atoms with E-state index in [2.05, 4.69) is 10.1 Å². The monoisotopic (exact) mass is 302 g/mol. The molecule has 0 aliphatic rings. The van der Waals surface area contributed by atoms with Crippen LogP contribution >= 0.6 is 0 Å². The summed E-state index contributed by atoms with van der Waals surface area (Å²) in [6.45, 7) is 0. The van der Waals surface area contributed by atoms with E-state index < -0.39 is 5.97 Å². The van der Waals surface area contributed by atoms with Crippen LogP contribution in [0.5, 0.6) is 11.5 Å². The molecule has 0 radical (unpaired) electrons. The molecular weight excluding hydrogens is 286 g/mol. The molecular formula is C15H16N3O4+. The van der Waals surface area contributed by atoms with Gasteiger partial charge in [-0.3, -0.25) is 0 Å². The molecule has 0 aliphatic carbocycles. The topological polar surface area (TPSA) is 97.3 Å². The second kappa shape index (κ2) is 7.07. The Labute approximate surface area is 127 Å². The van der Waals surface area contributed by atoms with Gasteiger partial charge in [-0.2, -0.15) is 0 Å². The lowest BCUT2D eigenvalue weighted by atomic mass is 10.2. The van der Waals surface area contributed by atoms with Crippen LogP contribution in [0.1, 0.15) is 15.9 Å². The Kier molecular flexibility index (Phi) is 4.92. The number of oxime groups is 1. The quantitative estimate of drug-likeness (QED) is 0.384. The van der Waals surface area contributed by atoms with Gasteiger partial charge in [0.2, 0.25) is 0 Å². The zero-order chi connectivity index (χ0) is 15.9. The summed E-state index contributed by atoms with van der Waals surface area (Å²) in [5, 5.41) is 3.62. The Balaban J connectivity index is 2.15. The summed E-state index contributed by atoms with van der Waals surface area (Å²) in [6.07, 6.45) is 3.37. The molecule has 0 spiro atoms. The van der Waals surface area contributed by atoms with E-state index in [-0.39, 0.29) is 11.4 Å². The minimum absolute atomic E-state index is 0.0834. The Bertz CT molecular complexity index is 664. The minimum Gasteiger partial charge on any atom is -0.497 e. The molecule has 2 rings (SSSR count). The Morgan fingerprint density at radius 1 is 1.14 bits per heavy atom. The number of nitrogens with two attached hydrogens (primary N) is 1. The molecule has 0 aliphatic heterocycles. The van der Waals surface area contributed by atoms with Crippen LogP contribution in [0.3, 0.4) is 0 Å². The summed E-state index contributed by atoms with van der Waals surface area (Å²) >= 11 is 0. The number of benzene rings is 1. The largest absolute Gasteiger partial charge is 0.497 e. The van der Waals surface area contributed by atoms with Crippen molar-refractivity contribution in [2.75, 3.05) is 14.2 Å². The summed E-state index contributed by atoms with van der Waals surface area (Å²) in [5.41, 5.74) is 6.59. The SMILES string of the molecule is COc1cc(OC)cc(C(=O)ON=C(N)c2ccc[nH+]c2)c1. The Hall–Kier alpha value is -3.09. The van der Waals surface area contributed by atoms with Crippen LogP contribution in [0, 0.1) is 0 Å². The highest BCUT2D eigenvalue weighted by Gasteiger charge is 2.12. The van der Waals surface area contributed by atoms with Gasteiger partial charge in [0, 0.05) is 12.1 Å². The van der Waals surface area contributed by atoms with Gasteiger partial charge in [-0.05, 0) is 18.2 Å². The normalized spacial score (nSPS) is 10.9. The molecule has 22 heavy (non-hydrogen) atoms. The number of amidine groups is 1. The molecule has 1 aromatic heterocycles. The van der Waals surface area contributed by atoms with Crippen LogP contribution in [0.4, 0.5) is 0 Å². The molecule has 0 saturated carbocycles. The van der Waals surface area contributed by atoms with Crippen molar-refractivity contribution in [3.63, 3.8) is 0 Å². The summed E-state index contributed by atoms with van der Waals surface area (Å²) < 4.78 is 10.2. The van der Waals surface area contributed by atoms with Gasteiger partial charge in [0.1, 0.15) is 11.5 Å². The third-order valence-corrected chi connectivity index (χ3v) is 2.82. The number of carbonyl (C=O) groups excluding carboxylic acids is 1. The zero-order valence-electron chi connectivity index (χ0n) is 12.2. The van der Waals surface area contributed by atoms with E-state index >= 15 is 0 Å². The maximum atomic E-state index is 12.0. The van der Waals surface area contributed by atoms with Gasteiger partial charge in [0.25, 0.3) is 0 Å². The molecule has 1 aromatic carbocycles. The number of nitrogens with one attached hydrogen (secondary N) is 1. The molecule has 3 N–H and O–H groups in total. The summed E-state index contributed by atoms with van der Waals surface area (Å²) in [6, 6.07) is 8.18. The average Bonchev–Trinajstić information content (AvgIpc) is 2.59. The smallest absolute Gasteiger partial charge is 0.366 e. The summed E-state index contributed by atoms with van der Waals surface area (Å²) in [7, 11) is 2.98. The summed E-state index contributed by atoms with van der Waals surface area (Å²) in [5.74, 6) is 0.363. The van der Waals surface area contributed by atoms with Gasteiger partial charge >= 0.3 is 5.97 Å². The maximum absolute atomic E-state index is 12.0. The lowest BCUT2D eigenvalue weighted by molar-refractivity contribution is -0.378. The number of aromatic nitrogens is 1. The number of ether oxygens (including phenoxy) is 2. The van der Waals surface area contributed by atoms with Crippen LogP contribution in [-0.4, -0.2) is 26.0 Å². The number of H-pyrrole nitrogens is 1. The molecule has 7 nitrogen and oxygen atoms in total. The standard InChI is InChI=1S/C15H15N3O4/c1-20-12-6-11(7-13(8-12)21-2)15(19)22-18-14(16)10-4-3-5-17-9-10/h3-9H,1-2H3,(H2,16,18)/p+1. The highest BCUT2D eigenvalue weighted by atomic mass is 16.7. The highest BCUT2D eigenvalue weighted by molar-refractivity contribution is 5.97. The van der Waals surface area contributed by atoms with Crippen molar-refractivity contribution in [1.29, 1.82) is 0 Å². The zero-order valence-corrected chi connectivity index (χ0v) is 12.2. The van der Waals surface area contributed by atoms with Crippen molar-refractivity contribution in [1.82, 2.24) is 0 Å². The molecule has 0 fully saturated rings. The van der Waals surface area contributed by atoms with Crippen molar-refractivity contribution >= 4 is 11.8 Å². The number of hydrogen-bond donors (Lipinski definition) is 1. The molecule has 114 valence electrons. The van der Waals surface area contributed by atoms with Crippen molar-refractivity contribution in [3.05, 3.63) is 53.9 Å². The molecule has 0 saturated heterocycles. The molecule has 0 amide bonds.